The van der Waals surface area contributed by atoms with Crippen molar-refractivity contribution in [1.29, 1.82) is 0 Å². The van der Waals surface area contributed by atoms with Crippen molar-refractivity contribution in [1.82, 2.24) is 15.0 Å². The number of rotatable bonds is 5. The van der Waals surface area contributed by atoms with Crippen molar-refractivity contribution in [3.8, 4) is 5.69 Å². The molecule has 1 aromatic carbocycles. The first kappa shape index (κ1) is 13.2. The molecular weight excluding hydrogens is 246 g/mol. The molecule has 2 rings (SSSR count). The Morgan fingerprint density at radius 1 is 1.47 bits per heavy atom. The standard InChI is InChI=1S/C12H15N5O2/c1-19-8-11(13)12(18)15-9-2-4-10(5-3-9)17-7-6-14-16-17/h2-7,11H,8,13H2,1H3,(H,15,18). The molecule has 1 heterocycles. The van der Waals surface area contributed by atoms with Crippen molar-refractivity contribution < 1.29 is 9.53 Å². The van der Waals surface area contributed by atoms with Gasteiger partial charge in [-0.15, -0.1) is 5.10 Å². The minimum atomic E-state index is -0.681. The molecule has 100 valence electrons. The van der Waals surface area contributed by atoms with Gasteiger partial charge >= 0.3 is 0 Å². The van der Waals surface area contributed by atoms with Crippen molar-refractivity contribution in [2.75, 3.05) is 19.0 Å². The summed E-state index contributed by atoms with van der Waals surface area (Å²) in [5.74, 6) is -0.282. The third kappa shape index (κ3) is 3.36. The third-order valence-electron chi connectivity index (χ3n) is 2.50. The van der Waals surface area contributed by atoms with Gasteiger partial charge in [-0.05, 0) is 24.3 Å². The van der Waals surface area contributed by atoms with Gasteiger partial charge in [-0.25, -0.2) is 4.68 Å². The van der Waals surface area contributed by atoms with Crippen LogP contribution < -0.4 is 11.1 Å². The highest BCUT2D eigenvalue weighted by Gasteiger charge is 2.12. The Labute approximate surface area is 110 Å². The quantitative estimate of drug-likeness (QED) is 0.800. The summed E-state index contributed by atoms with van der Waals surface area (Å²) in [6.07, 6.45) is 3.33. The van der Waals surface area contributed by atoms with Crippen LogP contribution in [0.15, 0.2) is 36.7 Å². The van der Waals surface area contributed by atoms with Gasteiger partial charge in [0, 0.05) is 12.8 Å². The number of anilines is 1. The normalized spacial score (nSPS) is 12.1. The van der Waals surface area contributed by atoms with Gasteiger partial charge in [0.15, 0.2) is 0 Å². The molecule has 1 unspecified atom stereocenters. The summed E-state index contributed by atoms with van der Waals surface area (Å²) >= 11 is 0. The zero-order valence-corrected chi connectivity index (χ0v) is 10.5. The van der Waals surface area contributed by atoms with Crippen LogP contribution in [0.3, 0.4) is 0 Å². The zero-order chi connectivity index (χ0) is 13.7. The lowest BCUT2D eigenvalue weighted by Crippen LogP contribution is -2.39. The Kier molecular flexibility index (Phi) is 4.22. The molecule has 0 saturated carbocycles. The van der Waals surface area contributed by atoms with Crippen molar-refractivity contribution in [2.24, 2.45) is 5.73 Å². The molecule has 1 aromatic heterocycles. The van der Waals surface area contributed by atoms with Gasteiger partial charge in [0.1, 0.15) is 6.04 Å². The number of nitrogens with zero attached hydrogens (tertiary/aromatic N) is 3. The van der Waals surface area contributed by atoms with Gasteiger partial charge in [0.2, 0.25) is 5.91 Å². The predicted octanol–water partition coefficient (Wildman–Crippen LogP) is 0.179. The molecule has 0 aliphatic heterocycles. The Morgan fingerprint density at radius 2 is 2.21 bits per heavy atom. The highest BCUT2D eigenvalue weighted by atomic mass is 16.5. The van der Waals surface area contributed by atoms with E-state index in [1.54, 1.807) is 29.2 Å². The van der Waals surface area contributed by atoms with Gasteiger partial charge < -0.3 is 15.8 Å². The highest BCUT2D eigenvalue weighted by molar-refractivity contribution is 5.94. The Balaban J connectivity index is 2.01. The molecule has 0 spiro atoms. The molecule has 7 heteroatoms. The number of carbonyl (C=O) groups is 1. The van der Waals surface area contributed by atoms with Crippen molar-refractivity contribution >= 4 is 11.6 Å². The molecule has 2 aromatic rings. The molecule has 1 atom stereocenters. The van der Waals surface area contributed by atoms with Crippen LogP contribution in [-0.2, 0) is 9.53 Å². The van der Waals surface area contributed by atoms with Crippen molar-refractivity contribution in [3.05, 3.63) is 36.7 Å². The van der Waals surface area contributed by atoms with E-state index in [9.17, 15) is 4.79 Å². The number of hydrogen-bond acceptors (Lipinski definition) is 5. The van der Waals surface area contributed by atoms with Gasteiger partial charge in [-0.2, -0.15) is 0 Å². The van der Waals surface area contributed by atoms with E-state index >= 15 is 0 Å². The number of methoxy groups -OCH3 is 1. The maximum atomic E-state index is 11.7. The van der Waals surface area contributed by atoms with Crippen LogP contribution in [0.5, 0.6) is 0 Å². The van der Waals surface area contributed by atoms with Crippen LogP contribution in [0.1, 0.15) is 0 Å². The average molecular weight is 261 g/mol. The largest absolute Gasteiger partial charge is 0.383 e. The van der Waals surface area contributed by atoms with E-state index in [0.29, 0.717) is 5.69 Å². The van der Waals surface area contributed by atoms with Crippen LogP contribution in [0, 0.1) is 0 Å². The zero-order valence-electron chi connectivity index (χ0n) is 10.5. The highest BCUT2D eigenvalue weighted by Crippen LogP contribution is 2.12. The van der Waals surface area contributed by atoms with E-state index in [0.717, 1.165) is 5.69 Å². The van der Waals surface area contributed by atoms with Crippen LogP contribution in [0.2, 0.25) is 0 Å². The number of amides is 1. The van der Waals surface area contributed by atoms with Crippen LogP contribution in [0.4, 0.5) is 5.69 Å². The average Bonchev–Trinajstić information content (AvgIpc) is 2.94. The molecule has 3 N–H and O–H groups in total. The fourth-order valence-corrected chi connectivity index (χ4v) is 1.53. The second-order valence-electron chi connectivity index (χ2n) is 3.95. The Hall–Kier alpha value is -2.25. The molecule has 0 saturated heterocycles. The summed E-state index contributed by atoms with van der Waals surface area (Å²) in [6.45, 7) is 0.183. The second kappa shape index (κ2) is 6.07. The maximum Gasteiger partial charge on any atom is 0.243 e. The molecule has 0 radical (unpaired) electrons. The summed E-state index contributed by atoms with van der Waals surface area (Å²) in [4.78, 5) is 11.7. The summed E-state index contributed by atoms with van der Waals surface area (Å²) in [5.41, 5.74) is 7.15. The van der Waals surface area contributed by atoms with E-state index in [4.69, 9.17) is 10.5 Å². The lowest BCUT2D eigenvalue weighted by atomic mass is 10.2. The summed E-state index contributed by atoms with van der Waals surface area (Å²) in [6, 6.07) is 6.52. The Bertz CT molecular complexity index is 524. The summed E-state index contributed by atoms with van der Waals surface area (Å²) < 4.78 is 6.45. The monoisotopic (exact) mass is 261 g/mol. The summed E-state index contributed by atoms with van der Waals surface area (Å²) in [7, 11) is 1.50. The Morgan fingerprint density at radius 3 is 2.79 bits per heavy atom. The lowest BCUT2D eigenvalue weighted by Gasteiger charge is -2.11. The van der Waals surface area contributed by atoms with Gasteiger partial charge in [0.25, 0.3) is 0 Å². The first-order valence-corrected chi connectivity index (χ1v) is 5.73. The second-order valence-corrected chi connectivity index (χ2v) is 3.95. The van der Waals surface area contributed by atoms with E-state index in [-0.39, 0.29) is 12.5 Å². The molecule has 1 amide bonds. The minimum Gasteiger partial charge on any atom is -0.383 e. The fourth-order valence-electron chi connectivity index (χ4n) is 1.53. The molecule has 0 aliphatic carbocycles. The fraction of sp³-hybridized carbons (Fsp3) is 0.250. The van der Waals surface area contributed by atoms with Crippen molar-refractivity contribution in [3.63, 3.8) is 0 Å². The topological polar surface area (TPSA) is 95.1 Å². The van der Waals surface area contributed by atoms with Gasteiger partial charge in [-0.3, -0.25) is 4.79 Å². The first-order valence-electron chi connectivity index (χ1n) is 5.73. The van der Waals surface area contributed by atoms with Crippen LogP contribution in [0.25, 0.3) is 5.69 Å². The number of aromatic nitrogens is 3. The molecule has 7 nitrogen and oxygen atoms in total. The van der Waals surface area contributed by atoms with E-state index in [1.807, 2.05) is 12.1 Å². The molecule has 0 bridgehead atoms. The maximum absolute atomic E-state index is 11.7. The SMILES string of the molecule is COCC(N)C(=O)Nc1ccc(-n2ccnn2)cc1. The van der Waals surface area contributed by atoms with Gasteiger partial charge in [0.05, 0.1) is 24.7 Å². The van der Waals surface area contributed by atoms with Crippen LogP contribution >= 0.6 is 0 Å². The molecule has 19 heavy (non-hydrogen) atoms. The summed E-state index contributed by atoms with van der Waals surface area (Å²) in [5, 5.41) is 10.3. The minimum absolute atomic E-state index is 0.183. The smallest absolute Gasteiger partial charge is 0.243 e. The number of nitrogens with one attached hydrogen (secondary N) is 1. The van der Waals surface area contributed by atoms with Crippen molar-refractivity contribution in [2.45, 2.75) is 6.04 Å². The number of hydrogen-bond donors (Lipinski definition) is 2. The predicted molar refractivity (Wildman–Crippen MR) is 69.8 cm³/mol. The molecule has 0 aliphatic rings. The third-order valence-corrected chi connectivity index (χ3v) is 2.50. The molecular formula is C12H15N5O2. The number of carbonyl (C=O) groups excluding carboxylic acids is 1. The first-order chi connectivity index (χ1) is 9.20. The van der Waals surface area contributed by atoms with E-state index < -0.39 is 6.04 Å². The van der Waals surface area contributed by atoms with Crippen LogP contribution in [-0.4, -0.2) is 40.7 Å². The molecule has 0 fully saturated rings. The number of benzene rings is 1. The van der Waals surface area contributed by atoms with E-state index in [2.05, 4.69) is 15.6 Å². The lowest BCUT2D eigenvalue weighted by molar-refractivity contribution is -0.118. The van der Waals surface area contributed by atoms with E-state index in [1.165, 1.54) is 7.11 Å². The van der Waals surface area contributed by atoms with Gasteiger partial charge in [-0.1, -0.05) is 5.21 Å². The number of ether oxygens (including phenoxy) is 1. The number of nitrogens with two attached hydrogens (primary N) is 1.